The lowest BCUT2D eigenvalue weighted by atomic mass is 10.0. The van der Waals surface area contributed by atoms with Crippen LogP contribution in [0.2, 0.25) is 0 Å². The van der Waals surface area contributed by atoms with Crippen molar-refractivity contribution in [3.8, 4) is 0 Å². The van der Waals surface area contributed by atoms with Gasteiger partial charge in [0.05, 0.1) is 11.7 Å². The summed E-state index contributed by atoms with van der Waals surface area (Å²) in [6.07, 6.45) is 1.00. The first-order valence-corrected chi connectivity index (χ1v) is 4.87. The van der Waals surface area contributed by atoms with Crippen LogP contribution in [0.5, 0.6) is 0 Å². The van der Waals surface area contributed by atoms with Gasteiger partial charge in [0, 0.05) is 6.54 Å². The molecule has 4 N–H and O–H groups in total. The van der Waals surface area contributed by atoms with Gasteiger partial charge >= 0.3 is 0 Å². The van der Waals surface area contributed by atoms with E-state index in [4.69, 9.17) is 5.73 Å². The standard InChI is InChI=1S/C11H15NO2/c12-7-10(13)8-2-1-3-9(6-8)11(14)4-5-11/h1-3,6,10,13-14H,4-5,7,12H2. The number of benzene rings is 1. The number of hydrogen-bond donors (Lipinski definition) is 3. The van der Waals surface area contributed by atoms with Crippen molar-refractivity contribution >= 4 is 0 Å². The molecule has 0 aliphatic heterocycles. The summed E-state index contributed by atoms with van der Waals surface area (Å²) in [6.45, 7) is 0.210. The molecule has 0 radical (unpaired) electrons. The Morgan fingerprint density at radius 3 is 2.71 bits per heavy atom. The highest BCUT2D eigenvalue weighted by Crippen LogP contribution is 2.45. The van der Waals surface area contributed by atoms with Crippen LogP contribution < -0.4 is 5.73 Å². The molecule has 0 saturated heterocycles. The van der Waals surface area contributed by atoms with Crippen molar-refractivity contribution in [3.63, 3.8) is 0 Å². The average molecular weight is 193 g/mol. The van der Waals surface area contributed by atoms with Crippen molar-refractivity contribution in [1.82, 2.24) is 0 Å². The predicted molar refractivity (Wildman–Crippen MR) is 53.6 cm³/mol. The van der Waals surface area contributed by atoms with Gasteiger partial charge in [-0.2, -0.15) is 0 Å². The second kappa shape index (κ2) is 3.35. The van der Waals surface area contributed by atoms with Crippen molar-refractivity contribution in [2.75, 3.05) is 6.54 Å². The summed E-state index contributed by atoms with van der Waals surface area (Å²) in [6, 6.07) is 7.40. The molecule has 0 aromatic heterocycles. The SMILES string of the molecule is NCC(O)c1cccc(C2(O)CC2)c1. The van der Waals surface area contributed by atoms with Crippen LogP contribution in [0.25, 0.3) is 0 Å². The fourth-order valence-electron chi connectivity index (χ4n) is 1.58. The number of aliphatic hydroxyl groups excluding tert-OH is 1. The molecule has 1 aliphatic carbocycles. The monoisotopic (exact) mass is 193 g/mol. The van der Waals surface area contributed by atoms with Gasteiger partial charge in [-0.05, 0) is 24.0 Å². The molecule has 1 aromatic rings. The van der Waals surface area contributed by atoms with Gasteiger partial charge < -0.3 is 15.9 Å². The largest absolute Gasteiger partial charge is 0.387 e. The summed E-state index contributed by atoms with van der Waals surface area (Å²) < 4.78 is 0. The number of aliphatic hydroxyl groups is 2. The molecule has 1 unspecified atom stereocenters. The fraction of sp³-hybridized carbons (Fsp3) is 0.455. The second-order valence-corrected chi connectivity index (χ2v) is 3.91. The summed E-state index contributed by atoms with van der Waals surface area (Å²) in [4.78, 5) is 0. The molecule has 2 rings (SSSR count). The van der Waals surface area contributed by atoms with Gasteiger partial charge in [-0.3, -0.25) is 0 Å². The van der Waals surface area contributed by atoms with Crippen molar-refractivity contribution in [1.29, 1.82) is 0 Å². The first-order chi connectivity index (χ1) is 6.65. The minimum atomic E-state index is -0.635. The van der Waals surface area contributed by atoms with Gasteiger partial charge in [0.2, 0.25) is 0 Å². The minimum Gasteiger partial charge on any atom is -0.387 e. The molecular formula is C11H15NO2. The highest BCUT2D eigenvalue weighted by Gasteiger charge is 2.42. The van der Waals surface area contributed by atoms with E-state index in [0.29, 0.717) is 0 Å². The Morgan fingerprint density at radius 2 is 2.14 bits per heavy atom. The molecule has 0 spiro atoms. The Morgan fingerprint density at radius 1 is 1.43 bits per heavy atom. The predicted octanol–water partition coefficient (Wildman–Crippen LogP) is 0.660. The van der Waals surface area contributed by atoms with Crippen LogP contribution in [0.3, 0.4) is 0 Å². The molecule has 1 atom stereocenters. The van der Waals surface area contributed by atoms with E-state index in [2.05, 4.69) is 0 Å². The van der Waals surface area contributed by atoms with E-state index in [0.717, 1.165) is 24.0 Å². The Labute approximate surface area is 83.2 Å². The third-order valence-electron chi connectivity index (χ3n) is 2.76. The molecular weight excluding hydrogens is 178 g/mol. The van der Waals surface area contributed by atoms with Crippen LogP contribution >= 0.6 is 0 Å². The van der Waals surface area contributed by atoms with Crippen molar-refractivity contribution < 1.29 is 10.2 Å². The third-order valence-corrected chi connectivity index (χ3v) is 2.76. The molecule has 0 heterocycles. The molecule has 14 heavy (non-hydrogen) atoms. The van der Waals surface area contributed by atoms with Gasteiger partial charge in [0.25, 0.3) is 0 Å². The van der Waals surface area contributed by atoms with E-state index in [1.165, 1.54) is 0 Å². The molecule has 3 heteroatoms. The molecule has 76 valence electrons. The van der Waals surface area contributed by atoms with Gasteiger partial charge in [0.1, 0.15) is 0 Å². The summed E-state index contributed by atoms with van der Waals surface area (Å²) in [7, 11) is 0. The van der Waals surface area contributed by atoms with Crippen LogP contribution in [0.1, 0.15) is 30.1 Å². The highest BCUT2D eigenvalue weighted by molar-refractivity contribution is 5.32. The zero-order chi connectivity index (χ0) is 10.2. The van der Waals surface area contributed by atoms with E-state index in [9.17, 15) is 10.2 Å². The number of rotatable bonds is 3. The lowest BCUT2D eigenvalue weighted by Crippen LogP contribution is -2.13. The van der Waals surface area contributed by atoms with Gasteiger partial charge in [0.15, 0.2) is 0 Å². The maximum Gasteiger partial charge on any atom is 0.0912 e. The topological polar surface area (TPSA) is 66.5 Å². The minimum absolute atomic E-state index is 0.210. The maximum absolute atomic E-state index is 9.87. The summed E-state index contributed by atoms with van der Waals surface area (Å²) in [5.74, 6) is 0. The Balaban J connectivity index is 2.27. The molecule has 0 bridgehead atoms. The van der Waals surface area contributed by atoms with E-state index in [-0.39, 0.29) is 6.54 Å². The summed E-state index contributed by atoms with van der Waals surface area (Å²) >= 11 is 0. The first kappa shape index (κ1) is 9.65. The number of nitrogens with two attached hydrogens (primary N) is 1. The fourth-order valence-corrected chi connectivity index (χ4v) is 1.58. The van der Waals surface area contributed by atoms with Crippen molar-refractivity contribution in [2.45, 2.75) is 24.5 Å². The molecule has 0 amide bonds. The van der Waals surface area contributed by atoms with Crippen LogP contribution in [-0.4, -0.2) is 16.8 Å². The van der Waals surface area contributed by atoms with Crippen LogP contribution in [0, 0.1) is 0 Å². The van der Waals surface area contributed by atoms with Crippen molar-refractivity contribution in [2.24, 2.45) is 5.73 Å². The summed E-state index contributed by atoms with van der Waals surface area (Å²) in [5.41, 5.74) is 6.41. The molecule has 1 saturated carbocycles. The zero-order valence-electron chi connectivity index (χ0n) is 7.98. The van der Waals surface area contributed by atoms with Crippen LogP contribution in [-0.2, 0) is 5.60 Å². The third kappa shape index (κ3) is 1.66. The van der Waals surface area contributed by atoms with Gasteiger partial charge in [-0.15, -0.1) is 0 Å². The molecule has 1 aliphatic rings. The Hall–Kier alpha value is -0.900. The average Bonchev–Trinajstić information content (AvgIpc) is 2.97. The summed E-state index contributed by atoms with van der Waals surface area (Å²) in [5, 5.41) is 19.4. The van der Waals surface area contributed by atoms with Gasteiger partial charge in [-0.1, -0.05) is 24.3 Å². The van der Waals surface area contributed by atoms with Gasteiger partial charge in [-0.25, -0.2) is 0 Å². The van der Waals surface area contributed by atoms with Crippen LogP contribution in [0.4, 0.5) is 0 Å². The second-order valence-electron chi connectivity index (χ2n) is 3.91. The normalized spacial score (nSPS) is 20.5. The molecule has 3 nitrogen and oxygen atoms in total. The van der Waals surface area contributed by atoms with E-state index < -0.39 is 11.7 Å². The van der Waals surface area contributed by atoms with Crippen LogP contribution in [0.15, 0.2) is 24.3 Å². The zero-order valence-corrected chi connectivity index (χ0v) is 7.98. The van der Waals surface area contributed by atoms with E-state index in [1.54, 1.807) is 0 Å². The van der Waals surface area contributed by atoms with Crippen molar-refractivity contribution in [3.05, 3.63) is 35.4 Å². The Kier molecular flexibility index (Phi) is 2.31. The maximum atomic E-state index is 9.87. The first-order valence-electron chi connectivity index (χ1n) is 4.87. The molecule has 1 fully saturated rings. The van der Waals surface area contributed by atoms with E-state index in [1.807, 2.05) is 24.3 Å². The number of hydrogen-bond acceptors (Lipinski definition) is 3. The molecule has 1 aromatic carbocycles. The van der Waals surface area contributed by atoms with E-state index >= 15 is 0 Å². The highest BCUT2D eigenvalue weighted by atomic mass is 16.3. The Bertz CT molecular complexity index is 334. The quantitative estimate of drug-likeness (QED) is 0.660. The smallest absolute Gasteiger partial charge is 0.0912 e. The lowest BCUT2D eigenvalue weighted by molar-refractivity contribution is 0.150. The lowest BCUT2D eigenvalue weighted by Gasteiger charge is -2.12.